The Morgan fingerprint density at radius 3 is 2.61 bits per heavy atom. The lowest BCUT2D eigenvalue weighted by Gasteiger charge is -2.37. The largest absolute Gasteiger partial charge is 0.303 e. The van der Waals surface area contributed by atoms with Crippen molar-refractivity contribution in [2.45, 2.75) is 75.8 Å². The van der Waals surface area contributed by atoms with Crippen LogP contribution in [-0.2, 0) is 18.4 Å². The van der Waals surface area contributed by atoms with Gasteiger partial charge in [-0.25, -0.2) is 4.98 Å². The van der Waals surface area contributed by atoms with Gasteiger partial charge in [0.25, 0.3) is 0 Å². The SMILES string of the molecule is C1CCC(NC2CC2)(c2nc3c(s2)CCC3)CC1. The maximum absolute atomic E-state index is 5.02. The quantitative estimate of drug-likeness (QED) is 0.901. The Kier molecular flexibility index (Phi) is 2.73. The third kappa shape index (κ3) is 1.92. The van der Waals surface area contributed by atoms with Crippen molar-refractivity contribution in [3.63, 3.8) is 0 Å². The van der Waals surface area contributed by atoms with Gasteiger partial charge in [-0.05, 0) is 44.9 Å². The van der Waals surface area contributed by atoms with E-state index in [0.29, 0.717) is 0 Å². The number of hydrogen-bond acceptors (Lipinski definition) is 3. The van der Waals surface area contributed by atoms with Crippen molar-refractivity contribution >= 4 is 11.3 Å². The molecule has 0 radical (unpaired) electrons. The Balaban J connectivity index is 1.66. The summed E-state index contributed by atoms with van der Waals surface area (Å²) >= 11 is 2.02. The molecule has 1 aromatic heterocycles. The zero-order chi connectivity index (χ0) is 12.0. The van der Waals surface area contributed by atoms with Gasteiger partial charge in [0.1, 0.15) is 5.01 Å². The van der Waals surface area contributed by atoms with Crippen molar-refractivity contribution in [2.75, 3.05) is 0 Å². The second-order valence-electron chi connectivity index (χ2n) is 6.30. The van der Waals surface area contributed by atoms with Crippen LogP contribution in [-0.4, -0.2) is 11.0 Å². The molecule has 18 heavy (non-hydrogen) atoms. The van der Waals surface area contributed by atoms with E-state index < -0.39 is 0 Å². The highest BCUT2D eigenvalue weighted by Gasteiger charge is 2.41. The Labute approximate surface area is 113 Å². The van der Waals surface area contributed by atoms with Gasteiger partial charge in [-0.2, -0.15) is 0 Å². The monoisotopic (exact) mass is 262 g/mol. The molecule has 1 N–H and O–H groups in total. The third-order valence-corrected chi connectivity index (χ3v) is 6.13. The fraction of sp³-hybridized carbons (Fsp3) is 0.800. The van der Waals surface area contributed by atoms with Crippen molar-refractivity contribution in [1.29, 1.82) is 0 Å². The lowest BCUT2D eigenvalue weighted by atomic mass is 9.82. The van der Waals surface area contributed by atoms with Crippen LogP contribution in [0.5, 0.6) is 0 Å². The fourth-order valence-corrected chi connectivity index (χ4v) is 4.95. The number of fused-ring (bicyclic) bond motifs is 1. The molecular formula is C15H22N2S. The molecule has 0 saturated heterocycles. The van der Waals surface area contributed by atoms with Crippen LogP contribution in [0.4, 0.5) is 0 Å². The molecule has 0 aromatic carbocycles. The van der Waals surface area contributed by atoms with Gasteiger partial charge < -0.3 is 5.32 Å². The van der Waals surface area contributed by atoms with Gasteiger partial charge in [0.15, 0.2) is 0 Å². The maximum atomic E-state index is 5.02. The van der Waals surface area contributed by atoms with Crippen LogP contribution in [0.2, 0.25) is 0 Å². The number of rotatable bonds is 3. The standard InChI is InChI=1S/C15H22N2S/c1-2-9-15(10-3-1,17-11-7-8-11)14-16-12-5-4-6-13(12)18-14/h11,17H,1-10H2. The van der Waals surface area contributed by atoms with E-state index in [9.17, 15) is 0 Å². The first-order valence-corrected chi connectivity index (χ1v) is 8.44. The average Bonchev–Trinajstić information content (AvgIpc) is 2.92. The molecule has 98 valence electrons. The van der Waals surface area contributed by atoms with Crippen molar-refractivity contribution < 1.29 is 0 Å². The summed E-state index contributed by atoms with van der Waals surface area (Å²) in [5.41, 5.74) is 1.69. The minimum absolute atomic E-state index is 0.258. The molecule has 0 amide bonds. The van der Waals surface area contributed by atoms with E-state index in [-0.39, 0.29) is 5.54 Å². The third-order valence-electron chi connectivity index (χ3n) is 4.77. The summed E-state index contributed by atoms with van der Waals surface area (Å²) in [7, 11) is 0. The molecule has 0 unspecified atom stereocenters. The number of nitrogens with one attached hydrogen (secondary N) is 1. The average molecular weight is 262 g/mol. The Morgan fingerprint density at radius 2 is 1.89 bits per heavy atom. The molecule has 3 heteroatoms. The lowest BCUT2D eigenvalue weighted by Crippen LogP contribution is -2.45. The molecule has 0 spiro atoms. The minimum Gasteiger partial charge on any atom is -0.303 e. The van der Waals surface area contributed by atoms with Crippen LogP contribution in [0.25, 0.3) is 0 Å². The highest BCUT2D eigenvalue weighted by molar-refractivity contribution is 7.12. The maximum Gasteiger partial charge on any atom is 0.113 e. The molecule has 0 bridgehead atoms. The Hall–Kier alpha value is -0.410. The normalized spacial score (nSPS) is 26.2. The molecule has 2 nitrogen and oxygen atoms in total. The van der Waals surface area contributed by atoms with Crippen LogP contribution in [0.3, 0.4) is 0 Å². The van der Waals surface area contributed by atoms with Gasteiger partial charge >= 0.3 is 0 Å². The van der Waals surface area contributed by atoms with E-state index in [1.54, 1.807) is 4.88 Å². The first-order chi connectivity index (χ1) is 8.86. The first kappa shape index (κ1) is 11.4. The summed E-state index contributed by atoms with van der Waals surface area (Å²) < 4.78 is 0. The Morgan fingerprint density at radius 1 is 1.06 bits per heavy atom. The summed E-state index contributed by atoms with van der Waals surface area (Å²) in [5, 5.41) is 5.39. The lowest BCUT2D eigenvalue weighted by molar-refractivity contribution is 0.230. The van der Waals surface area contributed by atoms with Crippen molar-refractivity contribution in [2.24, 2.45) is 0 Å². The predicted molar refractivity (Wildman–Crippen MR) is 75.1 cm³/mol. The van der Waals surface area contributed by atoms with Crippen LogP contribution in [0, 0.1) is 0 Å². The summed E-state index contributed by atoms with van der Waals surface area (Å²) in [6.07, 6.45) is 13.4. The minimum atomic E-state index is 0.258. The van der Waals surface area contributed by atoms with Gasteiger partial charge in [-0.1, -0.05) is 19.3 Å². The van der Waals surface area contributed by atoms with Crippen LogP contribution >= 0.6 is 11.3 Å². The van der Waals surface area contributed by atoms with Crippen molar-refractivity contribution in [1.82, 2.24) is 10.3 Å². The molecule has 2 fully saturated rings. The highest BCUT2D eigenvalue weighted by Crippen LogP contribution is 2.43. The summed E-state index contributed by atoms with van der Waals surface area (Å²) in [4.78, 5) is 6.61. The van der Waals surface area contributed by atoms with Crippen LogP contribution in [0.15, 0.2) is 0 Å². The van der Waals surface area contributed by atoms with Crippen molar-refractivity contribution in [3.8, 4) is 0 Å². The van der Waals surface area contributed by atoms with Gasteiger partial charge in [0.05, 0.1) is 11.2 Å². The number of aromatic nitrogens is 1. The fourth-order valence-electron chi connectivity index (χ4n) is 3.59. The number of nitrogens with zero attached hydrogens (tertiary/aromatic N) is 1. The molecule has 3 aliphatic carbocycles. The summed E-state index contributed by atoms with van der Waals surface area (Å²) in [6.45, 7) is 0. The van der Waals surface area contributed by atoms with Gasteiger partial charge in [-0.15, -0.1) is 11.3 Å². The molecule has 1 heterocycles. The van der Waals surface area contributed by atoms with E-state index in [1.165, 1.54) is 74.9 Å². The van der Waals surface area contributed by atoms with Crippen LogP contribution < -0.4 is 5.32 Å². The molecule has 4 rings (SSSR count). The van der Waals surface area contributed by atoms with Gasteiger partial charge in [-0.3, -0.25) is 0 Å². The van der Waals surface area contributed by atoms with E-state index >= 15 is 0 Å². The zero-order valence-corrected chi connectivity index (χ0v) is 11.8. The van der Waals surface area contributed by atoms with E-state index in [0.717, 1.165) is 6.04 Å². The van der Waals surface area contributed by atoms with Gasteiger partial charge in [0.2, 0.25) is 0 Å². The number of thiazole rings is 1. The summed E-state index contributed by atoms with van der Waals surface area (Å²) in [5.74, 6) is 0. The molecule has 0 atom stereocenters. The highest BCUT2D eigenvalue weighted by atomic mass is 32.1. The molecular weight excluding hydrogens is 240 g/mol. The second-order valence-corrected chi connectivity index (χ2v) is 7.39. The van der Waals surface area contributed by atoms with Crippen molar-refractivity contribution in [3.05, 3.63) is 15.6 Å². The van der Waals surface area contributed by atoms with Crippen LogP contribution in [0.1, 0.15) is 66.9 Å². The van der Waals surface area contributed by atoms with E-state index in [2.05, 4.69) is 5.32 Å². The second kappa shape index (κ2) is 4.31. The zero-order valence-electron chi connectivity index (χ0n) is 11.0. The molecule has 0 aliphatic heterocycles. The van der Waals surface area contributed by atoms with E-state index in [1.807, 2.05) is 11.3 Å². The number of hydrogen-bond donors (Lipinski definition) is 1. The number of aryl methyl sites for hydroxylation is 2. The van der Waals surface area contributed by atoms with Gasteiger partial charge in [0, 0.05) is 10.9 Å². The van der Waals surface area contributed by atoms with E-state index in [4.69, 9.17) is 4.98 Å². The Bertz CT molecular complexity index is 420. The predicted octanol–water partition coefficient (Wildman–Crippen LogP) is 3.54. The molecule has 1 aromatic rings. The summed E-state index contributed by atoms with van der Waals surface area (Å²) in [6, 6.07) is 0.793. The first-order valence-electron chi connectivity index (χ1n) is 7.62. The molecule has 2 saturated carbocycles. The topological polar surface area (TPSA) is 24.9 Å². The smallest absolute Gasteiger partial charge is 0.113 e. The molecule has 3 aliphatic rings.